The number of methoxy groups -OCH3 is 2. The molecule has 0 heterocycles. The standard InChI is InChI=1S/C20H36O5/c1-7-8-9-10-11-18(24-6)20(25-14-23-5)17(4)19(22)16(3)12-15(2)13-21/h7,10-12,15,17-22H,1,8-9,13-14H2,2-6H3/b11-10+,16-12+/t15-,17+,18?,19-,20-/m0/s1. The summed E-state index contributed by atoms with van der Waals surface area (Å²) >= 11 is 0. The van der Waals surface area contributed by atoms with Crippen LogP contribution >= 0.6 is 0 Å². The second-order valence-electron chi connectivity index (χ2n) is 6.41. The zero-order valence-corrected chi connectivity index (χ0v) is 16.4. The topological polar surface area (TPSA) is 68.2 Å². The molecular weight excluding hydrogens is 320 g/mol. The Morgan fingerprint density at radius 1 is 1.20 bits per heavy atom. The number of ether oxygens (including phenoxy) is 3. The zero-order valence-electron chi connectivity index (χ0n) is 16.4. The van der Waals surface area contributed by atoms with E-state index in [0.29, 0.717) is 0 Å². The first-order chi connectivity index (χ1) is 11.9. The van der Waals surface area contributed by atoms with Gasteiger partial charge in [0.2, 0.25) is 0 Å². The molecule has 0 saturated heterocycles. The molecular formula is C20H36O5. The molecule has 5 heteroatoms. The van der Waals surface area contributed by atoms with E-state index in [4.69, 9.17) is 14.2 Å². The van der Waals surface area contributed by atoms with Crippen LogP contribution in [0, 0.1) is 11.8 Å². The zero-order chi connectivity index (χ0) is 19.2. The lowest BCUT2D eigenvalue weighted by Crippen LogP contribution is -2.41. The van der Waals surface area contributed by atoms with Crippen molar-refractivity contribution in [2.45, 2.75) is 51.9 Å². The quantitative estimate of drug-likeness (QED) is 0.284. The van der Waals surface area contributed by atoms with Crippen molar-refractivity contribution in [2.75, 3.05) is 27.6 Å². The fraction of sp³-hybridized carbons (Fsp3) is 0.700. The van der Waals surface area contributed by atoms with Crippen LogP contribution in [0.25, 0.3) is 0 Å². The van der Waals surface area contributed by atoms with Crippen molar-refractivity contribution in [3.8, 4) is 0 Å². The number of rotatable bonds is 14. The number of aliphatic hydroxyl groups excluding tert-OH is 2. The lowest BCUT2D eigenvalue weighted by molar-refractivity contribution is -0.139. The average molecular weight is 357 g/mol. The highest BCUT2D eigenvalue weighted by Crippen LogP contribution is 2.24. The molecule has 5 atom stereocenters. The molecule has 25 heavy (non-hydrogen) atoms. The Bertz CT molecular complexity index is 405. The summed E-state index contributed by atoms with van der Waals surface area (Å²) in [5.74, 6) is -0.219. The largest absolute Gasteiger partial charge is 0.396 e. The second kappa shape index (κ2) is 14.2. The smallest absolute Gasteiger partial charge is 0.146 e. The molecule has 1 unspecified atom stereocenters. The SMILES string of the molecule is C=CCC/C=C/C(OC)[C@@H](OCOC)[C@H](C)[C@@H](O)/C(C)=C/[C@H](C)CO. The average Bonchev–Trinajstić information content (AvgIpc) is 2.62. The highest BCUT2D eigenvalue weighted by atomic mass is 16.7. The summed E-state index contributed by atoms with van der Waals surface area (Å²) in [6, 6.07) is 0. The van der Waals surface area contributed by atoms with Gasteiger partial charge in [0.1, 0.15) is 12.9 Å². The van der Waals surface area contributed by atoms with Gasteiger partial charge in [0.05, 0.1) is 12.2 Å². The Hall–Kier alpha value is -0.980. The van der Waals surface area contributed by atoms with Gasteiger partial charge in [-0.25, -0.2) is 0 Å². The van der Waals surface area contributed by atoms with Crippen LogP contribution in [0.4, 0.5) is 0 Å². The maximum atomic E-state index is 10.7. The van der Waals surface area contributed by atoms with Gasteiger partial charge in [-0.1, -0.05) is 38.2 Å². The molecule has 0 amide bonds. The van der Waals surface area contributed by atoms with Gasteiger partial charge in [0, 0.05) is 26.7 Å². The Kier molecular flexibility index (Phi) is 13.7. The molecule has 0 aliphatic carbocycles. The lowest BCUT2D eigenvalue weighted by Gasteiger charge is -2.32. The Morgan fingerprint density at radius 2 is 1.88 bits per heavy atom. The van der Waals surface area contributed by atoms with Gasteiger partial charge < -0.3 is 24.4 Å². The van der Waals surface area contributed by atoms with Crippen LogP contribution in [0.5, 0.6) is 0 Å². The van der Waals surface area contributed by atoms with Crippen molar-refractivity contribution >= 4 is 0 Å². The summed E-state index contributed by atoms with van der Waals surface area (Å²) in [5, 5.41) is 19.9. The third-order valence-electron chi connectivity index (χ3n) is 4.16. The molecule has 2 N–H and O–H groups in total. The molecule has 0 aromatic carbocycles. The van der Waals surface area contributed by atoms with E-state index in [1.807, 2.05) is 45.1 Å². The fourth-order valence-electron chi connectivity index (χ4n) is 2.65. The molecule has 0 aromatic rings. The third-order valence-corrected chi connectivity index (χ3v) is 4.16. The fourth-order valence-corrected chi connectivity index (χ4v) is 2.65. The van der Waals surface area contributed by atoms with Crippen molar-refractivity contribution in [3.05, 3.63) is 36.5 Å². The van der Waals surface area contributed by atoms with Gasteiger partial charge in [0.15, 0.2) is 0 Å². The Morgan fingerprint density at radius 3 is 2.40 bits per heavy atom. The van der Waals surface area contributed by atoms with E-state index in [0.717, 1.165) is 18.4 Å². The van der Waals surface area contributed by atoms with Crippen LogP contribution < -0.4 is 0 Å². The van der Waals surface area contributed by atoms with Crippen LogP contribution in [0.15, 0.2) is 36.5 Å². The van der Waals surface area contributed by atoms with Crippen molar-refractivity contribution in [2.24, 2.45) is 11.8 Å². The molecule has 0 radical (unpaired) electrons. The first kappa shape index (κ1) is 24.0. The van der Waals surface area contributed by atoms with Crippen molar-refractivity contribution in [1.82, 2.24) is 0 Å². The van der Waals surface area contributed by atoms with Crippen LogP contribution in [0.3, 0.4) is 0 Å². The van der Waals surface area contributed by atoms with Crippen molar-refractivity contribution in [3.63, 3.8) is 0 Å². The molecule has 146 valence electrons. The summed E-state index contributed by atoms with van der Waals surface area (Å²) in [7, 11) is 3.19. The molecule has 0 bridgehead atoms. The molecule has 0 fully saturated rings. The van der Waals surface area contributed by atoms with Crippen molar-refractivity contribution < 1.29 is 24.4 Å². The van der Waals surface area contributed by atoms with Gasteiger partial charge >= 0.3 is 0 Å². The van der Waals surface area contributed by atoms with Crippen LogP contribution in [0.2, 0.25) is 0 Å². The van der Waals surface area contributed by atoms with E-state index >= 15 is 0 Å². The van der Waals surface area contributed by atoms with Crippen LogP contribution in [0.1, 0.15) is 33.6 Å². The number of unbranched alkanes of at least 4 members (excludes halogenated alkanes) is 1. The maximum Gasteiger partial charge on any atom is 0.146 e. The number of aliphatic hydroxyl groups is 2. The third kappa shape index (κ3) is 9.33. The van der Waals surface area contributed by atoms with Crippen molar-refractivity contribution in [1.29, 1.82) is 0 Å². The minimum absolute atomic E-state index is 0.00258. The Labute approximate surface area is 153 Å². The molecule has 0 aliphatic heterocycles. The summed E-state index contributed by atoms with van der Waals surface area (Å²) in [6.45, 7) is 9.58. The van der Waals surface area contributed by atoms with Gasteiger partial charge in [-0.05, 0) is 31.3 Å². The molecule has 0 saturated carbocycles. The summed E-state index contributed by atoms with van der Waals surface area (Å²) in [5.41, 5.74) is 0.811. The first-order valence-electron chi connectivity index (χ1n) is 8.80. The second-order valence-corrected chi connectivity index (χ2v) is 6.41. The number of allylic oxidation sites excluding steroid dienone is 2. The first-order valence-corrected chi connectivity index (χ1v) is 8.80. The monoisotopic (exact) mass is 356 g/mol. The van der Waals surface area contributed by atoms with E-state index in [-0.39, 0.29) is 37.4 Å². The van der Waals surface area contributed by atoms with Gasteiger partial charge in [0.25, 0.3) is 0 Å². The van der Waals surface area contributed by atoms with E-state index < -0.39 is 6.10 Å². The summed E-state index contributed by atoms with van der Waals surface area (Å²) < 4.78 is 16.4. The highest BCUT2D eigenvalue weighted by molar-refractivity contribution is 5.10. The predicted octanol–water partition coefficient (Wildman–Crippen LogP) is 3.08. The molecule has 0 aromatic heterocycles. The predicted molar refractivity (Wildman–Crippen MR) is 101 cm³/mol. The minimum atomic E-state index is -0.699. The van der Waals surface area contributed by atoms with E-state index in [1.54, 1.807) is 14.2 Å². The highest BCUT2D eigenvalue weighted by Gasteiger charge is 2.32. The molecule has 0 aliphatic rings. The normalized spacial score (nSPS) is 18.8. The van der Waals surface area contributed by atoms with E-state index in [2.05, 4.69) is 6.58 Å². The minimum Gasteiger partial charge on any atom is -0.396 e. The van der Waals surface area contributed by atoms with E-state index in [9.17, 15) is 10.2 Å². The Balaban J connectivity index is 5.21. The van der Waals surface area contributed by atoms with Gasteiger partial charge in [-0.15, -0.1) is 6.58 Å². The van der Waals surface area contributed by atoms with Gasteiger partial charge in [-0.2, -0.15) is 0 Å². The molecule has 0 rings (SSSR count). The summed E-state index contributed by atoms with van der Waals surface area (Å²) in [6.07, 6.45) is 8.16. The lowest BCUT2D eigenvalue weighted by atomic mass is 9.88. The summed E-state index contributed by atoms with van der Waals surface area (Å²) in [4.78, 5) is 0. The van der Waals surface area contributed by atoms with Crippen LogP contribution in [-0.4, -0.2) is 56.1 Å². The molecule has 5 nitrogen and oxygen atoms in total. The maximum absolute atomic E-state index is 10.7. The molecule has 0 spiro atoms. The number of hydrogen-bond acceptors (Lipinski definition) is 5. The van der Waals surface area contributed by atoms with Crippen LogP contribution in [-0.2, 0) is 14.2 Å². The number of hydrogen-bond donors (Lipinski definition) is 2. The van der Waals surface area contributed by atoms with Gasteiger partial charge in [-0.3, -0.25) is 0 Å². The van der Waals surface area contributed by atoms with E-state index in [1.165, 1.54) is 0 Å².